The highest BCUT2D eigenvalue weighted by molar-refractivity contribution is 7.88. The standard InChI is InChI=1S/C16H28F3N3O3S/c1-13-5-3-4-8-21(13)15(23)11-20-9-6-14(7-10-20)22(26(2,24)25)12-16(17,18)19/h13-14H,3-12H2,1-2H3. The molecule has 0 N–H and O–H groups in total. The molecule has 10 heteroatoms. The zero-order valence-electron chi connectivity index (χ0n) is 15.3. The molecule has 2 aliphatic rings. The first-order valence-electron chi connectivity index (χ1n) is 9.03. The van der Waals surface area contributed by atoms with Crippen molar-refractivity contribution in [2.75, 3.05) is 39.0 Å². The Morgan fingerprint density at radius 2 is 1.73 bits per heavy atom. The van der Waals surface area contributed by atoms with Gasteiger partial charge in [0.15, 0.2) is 0 Å². The average molecular weight is 399 g/mol. The first kappa shape index (κ1) is 21.4. The third-order valence-electron chi connectivity index (χ3n) is 5.21. The van der Waals surface area contributed by atoms with Gasteiger partial charge in [-0.2, -0.15) is 17.5 Å². The van der Waals surface area contributed by atoms with Gasteiger partial charge in [0.05, 0.1) is 12.8 Å². The SMILES string of the molecule is CC1CCCCN1C(=O)CN1CCC(N(CC(F)(F)F)S(C)(=O)=O)CC1. The first-order valence-corrected chi connectivity index (χ1v) is 10.9. The molecule has 1 atom stereocenters. The van der Waals surface area contributed by atoms with Crippen LogP contribution in [0.1, 0.15) is 39.0 Å². The van der Waals surface area contributed by atoms with Crippen LogP contribution in [0, 0.1) is 0 Å². The highest BCUT2D eigenvalue weighted by atomic mass is 32.2. The highest BCUT2D eigenvalue weighted by Crippen LogP contribution is 2.25. The Hall–Kier alpha value is -0.870. The van der Waals surface area contributed by atoms with Gasteiger partial charge in [-0.05, 0) is 39.0 Å². The second-order valence-electron chi connectivity index (χ2n) is 7.36. The molecule has 0 aromatic rings. The Balaban J connectivity index is 1.90. The van der Waals surface area contributed by atoms with Crippen molar-refractivity contribution in [2.45, 2.75) is 57.3 Å². The van der Waals surface area contributed by atoms with Gasteiger partial charge in [-0.1, -0.05) is 0 Å². The minimum absolute atomic E-state index is 0.0471. The van der Waals surface area contributed by atoms with Crippen LogP contribution in [0.4, 0.5) is 13.2 Å². The minimum Gasteiger partial charge on any atom is -0.339 e. The van der Waals surface area contributed by atoms with Crippen LogP contribution in [0.2, 0.25) is 0 Å². The third kappa shape index (κ3) is 6.09. The number of carbonyl (C=O) groups is 1. The molecule has 2 heterocycles. The smallest absolute Gasteiger partial charge is 0.339 e. The van der Waals surface area contributed by atoms with Gasteiger partial charge in [0.2, 0.25) is 15.9 Å². The summed E-state index contributed by atoms with van der Waals surface area (Å²) in [6.45, 7) is 2.41. The lowest BCUT2D eigenvalue weighted by atomic mass is 10.0. The van der Waals surface area contributed by atoms with Crippen LogP contribution in [-0.4, -0.2) is 85.7 Å². The van der Waals surface area contributed by atoms with E-state index in [1.807, 2.05) is 16.7 Å². The van der Waals surface area contributed by atoms with Crippen LogP contribution in [-0.2, 0) is 14.8 Å². The van der Waals surface area contributed by atoms with Crippen molar-refractivity contribution in [3.05, 3.63) is 0 Å². The van der Waals surface area contributed by atoms with Crippen LogP contribution in [0.3, 0.4) is 0 Å². The van der Waals surface area contributed by atoms with Gasteiger partial charge in [0, 0.05) is 31.7 Å². The number of alkyl halides is 3. The Morgan fingerprint density at radius 3 is 2.23 bits per heavy atom. The van der Waals surface area contributed by atoms with E-state index < -0.39 is 28.8 Å². The molecule has 2 saturated heterocycles. The maximum absolute atomic E-state index is 12.7. The van der Waals surface area contributed by atoms with E-state index in [2.05, 4.69) is 0 Å². The lowest BCUT2D eigenvalue weighted by molar-refractivity contribution is -0.141. The van der Waals surface area contributed by atoms with Gasteiger partial charge in [-0.25, -0.2) is 8.42 Å². The summed E-state index contributed by atoms with van der Waals surface area (Å²) in [6.07, 6.45) is -0.0463. The molecule has 0 aliphatic carbocycles. The molecule has 0 bridgehead atoms. The van der Waals surface area contributed by atoms with E-state index in [9.17, 15) is 26.4 Å². The van der Waals surface area contributed by atoms with E-state index in [-0.39, 0.29) is 18.5 Å². The number of carbonyl (C=O) groups excluding carboxylic acids is 1. The Morgan fingerprint density at radius 1 is 1.12 bits per heavy atom. The van der Waals surface area contributed by atoms with E-state index in [0.717, 1.165) is 32.1 Å². The molecular formula is C16H28F3N3O3S. The van der Waals surface area contributed by atoms with Gasteiger partial charge in [0.25, 0.3) is 0 Å². The number of hydrogen-bond acceptors (Lipinski definition) is 4. The van der Waals surface area contributed by atoms with Crippen molar-refractivity contribution < 1.29 is 26.4 Å². The molecule has 0 saturated carbocycles. The number of sulfonamides is 1. The van der Waals surface area contributed by atoms with Crippen LogP contribution in [0.5, 0.6) is 0 Å². The quantitative estimate of drug-likeness (QED) is 0.706. The summed E-state index contributed by atoms with van der Waals surface area (Å²) in [5.74, 6) is 0.0471. The van der Waals surface area contributed by atoms with Gasteiger partial charge in [-0.15, -0.1) is 0 Å². The van der Waals surface area contributed by atoms with Crippen molar-refractivity contribution >= 4 is 15.9 Å². The van der Waals surface area contributed by atoms with E-state index in [4.69, 9.17) is 0 Å². The monoisotopic (exact) mass is 399 g/mol. The Labute approximate surface area is 153 Å². The molecule has 1 amide bonds. The van der Waals surface area contributed by atoms with Crippen molar-refractivity contribution in [3.8, 4) is 0 Å². The van der Waals surface area contributed by atoms with Crippen LogP contribution in [0.15, 0.2) is 0 Å². The number of likely N-dealkylation sites (tertiary alicyclic amines) is 2. The maximum atomic E-state index is 12.7. The highest BCUT2D eigenvalue weighted by Gasteiger charge is 2.39. The van der Waals surface area contributed by atoms with E-state index in [0.29, 0.717) is 30.2 Å². The summed E-state index contributed by atoms with van der Waals surface area (Å²) < 4.78 is 62.2. The van der Waals surface area contributed by atoms with Gasteiger partial charge in [0.1, 0.15) is 6.54 Å². The van der Waals surface area contributed by atoms with E-state index >= 15 is 0 Å². The lowest BCUT2D eigenvalue weighted by Crippen LogP contribution is -2.52. The fourth-order valence-electron chi connectivity index (χ4n) is 3.81. The summed E-state index contributed by atoms with van der Waals surface area (Å²) >= 11 is 0. The van der Waals surface area contributed by atoms with Crippen LogP contribution in [0.25, 0.3) is 0 Å². The zero-order chi connectivity index (χ0) is 19.5. The van der Waals surface area contributed by atoms with E-state index in [1.165, 1.54) is 0 Å². The fraction of sp³-hybridized carbons (Fsp3) is 0.938. The molecule has 0 radical (unpaired) electrons. The Bertz CT molecular complexity index is 589. The molecule has 0 aromatic heterocycles. The van der Waals surface area contributed by atoms with Crippen LogP contribution < -0.4 is 0 Å². The number of hydrogen-bond donors (Lipinski definition) is 0. The molecule has 26 heavy (non-hydrogen) atoms. The number of nitrogens with zero attached hydrogens (tertiary/aromatic N) is 3. The van der Waals surface area contributed by atoms with Gasteiger partial charge >= 0.3 is 6.18 Å². The fourth-order valence-corrected chi connectivity index (χ4v) is 4.94. The number of piperidine rings is 2. The topological polar surface area (TPSA) is 60.9 Å². The molecule has 2 fully saturated rings. The lowest BCUT2D eigenvalue weighted by Gasteiger charge is -2.39. The molecule has 6 nitrogen and oxygen atoms in total. The Kier molecular flexibility index (Phi) is 6.95. The molecule has 0 aromatic carbocycles. The van der Waals surface area contributed by atoms with Crippen molar-refractivity contribution in [1.82, 2.24) is 14.1 Å². The molecule has 152 valence electrons. The summed E-state index contributed by atoms with van der Waals surface area (Å²) in [7, 11) is -3.94. The largest absolute Gasteiger partial charge is 0.402 e. The normalized spacial score (nSPS) is 24.2. The molecule has 2 rings (SSSR count). The predicted molar refractivity (Wildman–Crippen MR) is 92.1 cm³/mol. The van der Waals surface area contributed by atoms with Gasteiger partial charge in [-0.3, -0.25) is 9.69 Å². The molecule has 0 spiro atoms. The number of rotatable bonds is 5. The first-order chi connectivity index (χ1) is 12.0. The maximum Gasteiger partial charge on any atom is 0.402 e. The van der Waals surface area contributed by atoms with Gasteiger partial charge < -0.3 is 4.90 Å². The molecular weight excluding hydrogens is 371 g/mol. The summed E-state index contributed by atoms with van der Waals surface area (Å²) in [5.41, 5.74) is 0. The van der Waals surface area contributed by atoms with Crippen molar-refractivity contribution in [1.29, 1.82) is 0 Å². The third-order valence-corrected chi connectivity index (χ3v) is 6.49. The second-order valence-corrected chi connectivity index (χ2v) is 9.30. The summed E-state index contributed by atoms with van der Waals surface area (Å²) in [5, 5.41) is 0. The van der Waals surface area contributed by atoms with Crippen molar-refractivity contribution in [3.63, 3.8) is 0 Å². The predicted octanol–water partition coefficient (Wildman–Crippen LogP) is 1.68. The number of halogens is 3. The number of amides is 1. The average Bonchev–Trinajstić information content (AvgIpc) is 2.52. The van der Waals surface area contributed by atoms with E-state index in [1.54, 1.807) is 0 Å². The molecule has 1 unspecified atom stereocenters. The summed E-state index contributed by atoms with van der Waals surface area (Å²) in [6, 6.07) is -0.451. The second kappa shape index (κ2) is 8.43. The van der Waals surface area contributed by atoms with Crippen molar-refractivity contribution in [2.24, 2.45) is 0 Å². The molecule has 2 aliphatic heterocycles. The minimum atomic E-state index is -4.57. The zero-order valence-corrected chi connectivity index (χ0v) is 16.2. The summed E-state index contributed by atoms with van der Waals surface area (Å²) in [4.78, 5) is 16.3. The van der Waals surface area contributed by atoms with Crippen LogP contribution >= 0.6 is 0 Å².